The van der Waals surface area contributed by atoms with Gasteiger partial charge in [-0.15, -0.1) is 10.2 Å². The van der Waals surface area contributed by atoms with E-state index in [2.05, 4.69) is 15.5 Å². The summed E-state index contributed by atoms with van der Waals surface area (Å²) in [5.74, 6) is 0.755. The Labute approximate surface area is 134 Å². The van der Waals surface area contributed by atoms with Crippen LogP contribution in [0.2, 0.25) is 0 Å². The van der Waals surface area contributed by atoms with Gasteiger partial charge in [0.05, 0.1) is 0 Å². The predicted octanol–water partition coefficient (Wildman–Crippen LogP) is 1.77. The van der Waals surface area contributed by atoms with E-state index in [1.165, 1.54) is 0 Å². The van der Waals surface area contributed by atoms with Gasteiger partial charge in [0.2, 0.25) is 0 Å². The van der Waals surface area contributed by atoms with E-state index in [0.29, 0.717) is 18.5 Å². The maximum absolute atomic E-state index is 12.2. The third-order valence-electron chi connectivity index (χ3n) is 3.64. The molecule has 3 aromatic rings. The van der Waals surface area contributed by atoms with E-state index in [9.17, 15) is 4.79 Å². The molecule has 1 N–H and O–H groups in total. The highest BCUT2D eigenvalue weighted by molar-refractivity contribution is 5.95. The van der Waals surface area contributed by atoms with Gasteiger partial charge in [-0.25, -0.2) is 0 Å². The summed E-state index contributed by atoms with van der Waals surface area (Å²) < 4.78 is 1.93. The molecule has 0 aliphatic carbocycles. The van der Waals surface area contributed by atoms with Crippen LogP contribution in [0.4, 0.5) is 5.69 Å². The first kappa shape index (κ1) is 15.0. The first-order chi connectivity index (χ1) is 11.1. The average molecular weight is 309 g/mol. The molecule has 0 bridgehead atoms. The van der Waals surface area contributed by atoms with Crippen LogP contribution in [-0.4, -0.2) is 41.1 Å². The van der Waals surface area contributed by atoms with E-state index >= 15 is 0 Å². The van der Waals surface area contributed by atoms with Crippen molar-refractivity contribution in [3.63, 3.8) is 0 Å². The van der Waals surface area contributed by atoms with Crippen molar-refractivity contribution in [2.45, 2.75) is 6.42 Å². The van der Waals surface area contributed by atoms with Gasteiger partial charge >= 0.3 is 0 Å². The Morgan fingerprint density at radius 2 is 2.04 bits per heavy atom. The van der Waals surface area contributed by atoms with Crippen molar-refractivity contribution in [1.82, 2.24) is 19.9 Å². The van der Waals surface area contributed by atoms with Crippen LogP contribution in [0.3, 0.4) is 0 Å². The van der Waals surface area contributed by atoms with Gasteiger partial charge in [0.25, 0.3) is 5.91 Å². The Morgan fingerprint density at radius 1 is 1.17 bits per heavy atom. The van der Waals surface area contributed by atoms with Gasteiger partial charge in [-0.2, -0.15) is 0 Å². The molecular formula is C17H19N5O. The second-order valence-corrected chi connectivity index (χ2v) is 5.50. The number of rotatable bonds is 5. The fourth-order valence-corrected chi connectivity index (χ4v) is 2.38. The minimum atomic E-state index is -0.0810. The SMILES string of the molecule is CN(C)c1cccc(C(=O)NCCc2nnc3ccccn23)c1. The number of hydrogen-bond acceptors (Lipinski definition) is 4. The number of carbonyl (C=O) groups excluding carboxylic acids is 1. The Kier molecular flexibility index (Phi) is 4.23. The molecule has 118 valence electrons. The van der Waals surface area contributed by atoms with Gasteiger partial charge in [-0.1, -0.05) is 12.1 Å². The molecule has 6 heteroatoms. The smallest absolute Gasteiger partial charge is 0.251 e. The number of hydrogen-bond donors (Lipinski definition) is 1. The molecular weight excluding hydrogens is 290 g/mol. The van der Waals surface area contributed by atoms with E-state index in [1.807, 2.05) is 72.1 Å². The van der Waals surface area contributed by atoms with Crippen LogP contribution in [-0.2, 0) is 6.42 Å². The molecule has 0 radical (unpaired) electrons. The largest absolute Gasteiger partial charge is 0.378 e. The van der Waals surface area contributed by atoms with Gasteiger partial charge in [0.15, 0.2) is 5.65 Å². The molecule has 1 amide bonds. The van der Waals surface area contributed by atoms with Gasteiger partial charge in [-0.05, 0) is 30.3 Å². The number of pyridine rings is 1. The number of benzene rings is 1. The molecule has 23 heavy (non-hydrogen) atoms. The van der Waals surface area contributed by atoms with Crippen LogP contribution in [0.1, 0.15) is 16.2 Å². The third-order valence-corrected chi connectivity index (χ3v) is 3.64. The van der Waals surface area contributed by atoms with Crippen LogP contribution in [0.25, 0.3) is 5.65 Å². The molecule has 0 saturated carbocycles. The summed E-state index contributed by atoms with van der Waals surface area (Å²) in [5, 5.41) is 11.2. The van der Waals surface area contributed by atoms with Gasteiger partial charge in [-0.3, -0.25) is 9.20 Å². The van der Waals surface area contributed by atoms with Crippen LogP contribution in [0, 0.1) is 0 Å². The monoisotopic (exact) mass is 309 g/mol. The molecule has 0 fully saturated rings. The van der Waals surface area contributed by atoms with Crippen molar-refractivity contribution >= 4 is 17.2 Å². The van der Waals surface area contributed by atoms with Crippen LogP contribution >= 0.6 is 0 Å². The van der Waals surface area contributed by atoms with Crippen molar-refractivity contribution < 1.29 is 4.79 Å². The number of anilines is 1. The lowest BCUT2D eigenvalue weighted by Crippen LogP contribution is -2.26. The van der Waals surface area contributed by atoms with Crippen molar-refractivity contribution in [2.24, 2.45) is 0 Å². The molecule has 0 unspecified atom stereocenters. The molecule has 6 nitrogen and oxygen atoms in total. The van der Waals surface area contributed by atoms with E-state index in [1.54, 1.807) is 0 Å². The van der Waals surface area contributed by atoms with Crippen molar-refractivity contribution in [3.05, 3.63) is 60.0 Å². The van der Waals surface area contributed by atoms with E-state index in [4.69, 9.17) is 0 Å². The second kappa shape index (κ2) is 6.48. The number of carbonyl (C=O) groups is 1. The first-order valence-electron chi connectivity index (χ1n) is 7.49. The second-order valence-electron chi connectivity index (χ2n) is 5.50. The molecule has 2 heterocycles. The molecule has 1 aromatic carbocycles. The quantitative estimate of drug-likeness (QED) is 0.780. The fraction of sp³-hybridized carbons (Fsp3) is 0.235. The third kappa shape index (κ3) is 3.31. The summed E-state index contributed by atoms with van der Waals surface area (Å²) in [6.45, 7) is 0.515. The van der Waals surface area contributed by atoms with Crippen LogP contribution < -0.4 is 10.2 Å². The molecule has 0 spiro atoms. The predicted molar refractivity (Wildman–Crippen MR) is 89.8 cm³/mol. The summed E-state index contributed by atoms with van der Waals surface area (Å²) in [5.41, 5.74) is 2.47. The zero-order valence-electron chi connectivity index (χ0n) is 13.2. The lowest BCUT2D eigenvalue weighted by molar-refractivity contribution is 0.0954. The number of amides is 1. The number of fused-ring (bicyclic) bond motifs is 1. The number of aromatic nitrogens is 3. The van der Waals surface area contributed by atoms with Crippen molar-refractivity contribution in [2.75, 3.05) is 25.5 Å². The van der Waals surface area contributed by atoms with Crippen molar-refractivity contribution in [1.29, 1.82) is 0 Å². The Hall–Kier alpha value is -2.89. The molecule has 0 atom stereocenters. The zero-order chi connectivity index (χ0) is 16.2. The summed E-state index contributed by atoms with van der Waals surface area (Å²) in [7, 11) is 3.90. The highest BCUT2D eigenvalue weighted by atomic mass is 16.1. The maximum atomic E-state index is 12.2. The number of nitrogens with one attached hydrogen (secondary N) is 1. The molecule has 0 saturated heterocycles. The summed E-state index contributed by atoms with van der Waals surface area (Å²) in [4.78, 5) is 14.2. The molecule has 0 aliphatic rings. The fourth-order valence-electron chi connectivity index (χ4n) is 2.38. The minimum absolute atomic E-state index is 0.0810. The molecule has 0 aliphatic heterocycles. The standard InChI is InChI=1S/C17H19N5O/c1-21(2)14-7-5-6-13(12-14)17(23)18-10-9-16-20-19-15-8-3-4-11-22(15)16/h3-8,11-12H,9-10H2,1-2H3,(H,18,23). The molecule has 3 rings (SSSR count). The number of nitrogens with zero attached hydrogens (tertiary/aromatic N) is 4. The summed E-state index contributed by atoms with van der Waals surface area (Å²) in [6.07, 6.45) is 2.55. The van der Waals surface area contributed by atoms with Gasteiger partial charge < -0.3 is 10.2 Å². The normalized spacial score (nSPS) is 10.7. The van der Waals surface area contributed by atoms with Crippen molar-refractivity contribution in [3.8, 4) is 0 Å². The lowest BCUT2D eigenvalue weighted by Gasteiger charge is -2.13. The average Bonchev–Trinajstić information content (AvgIpc) is 2.98. The molecule has 2 aromatic heterocycles. The van der Waals surface area contributed by atoms with E-state index in [-0.39, 0.29) is 5.91 Å². The summed E-state index contributed by atoms with van der Waals surface area (Å²) in [6, 6.07) is 13.3. The van der Waals surface area contributed by atoms with E-state index < -0.39 is 0 Å². The lowest BCUT2D eigenvalue weighted by atomic mass is 10.2. The zero-order valence-corrected chi connectivity index (χ0v) is 13.2. The Morgan fingerprint density at radius 3 is 2.87 bits per heavy atom. The highest BCUT2D eigenvalue weighted by Gasteiger charge is 2.08. The van der Waals surface area contributed by atoms with Gasteiger partial charge in [0, 0.05) is 44.5 Å². The topological polar surface area (TPSA) is 62.5 Å². The maximum Gasteiger partial charge on any atom is 0.251 e. The highest BCUT2D eigenvalue weighted by Crippen LogP contribution is 2.13. The summed E-state index contributed by atoms with van der Waals surface area (Å²) >= 11 is 0. The Balaban J connectivity index is 1.62. The van der Waals surface area contributed by atoms with E-state index in [0.717, 1.165) is 17.2 Å². The van der Waals surface area contributed by atoms with Crippen LogP contribution in [0.5, 0.6) is 0 Å². The minimum Gasteiger partial charge on any atom is -0.378 e. The van der Waals surface area contributed by atoms with Gasteiger partial charge in [0.1, 0.15) is 5.82 Å². The van der Waals surface area contributed by atoms with Crippen LogP contribution in [0.15, 0.2) is 48.7 Å². The first-order valence-corrected chi connectivity index (χ1v) is 7.49. The Bertz CT molecular complexity index is 824.